The topological polar surface area (TPSA) is 112 Å². The summed E-state index contributed by atoms with van der Waals surface area (Å²) in [6.45, 7) is 8.16. The SMILES string of the molecule is CCN(CC)Cc1nsc(NS(=O)(=O)c2cccc(Cl)c2C)n1.O=C(O)C(F)(F)F. The van der Waals surface area contributed by atoms with Crippen LogP contribution in [0, 0.1) is 6.92 Å². The van der Waals surface area contributed by atoms with Crippen LogP contribution in [0.1, 0.15) is 25.2 Å². The molecule has 1 aromatic carbocycles. The molecule has 0 aliphatic heterocycles. The van der Waals surface area contributed by atoms with Gasteiger partial charge in [0.05, 0.1) is 11.4 Å². The standard InChI is InChI=1S/C14H19ClN4O2S2.C2HF3O2/c1-4-19(5-2)9-13-16-14(22-17-13)18-23(20,21)12-8-6-7-11(15)10(12)3;3-2(4,5)1(6)7/h6-8H,4-5,9H2,1-3H3,(H,16,17,18);(H,6,7). The van der Waals surface area contributed by atoms with Gasteiger partial charge in [0.2, 0.25) is 5.13 Å². The van der Waals surface area contributed by atoms with Crippen molar-refractivity contribution in [2.75, 3.05) is 17.8 Å². The van der Waals surface area contributed by atoms with E-state index in [1.165, 1.54) is 6.07 Å². The van der Waals surface area contributed by atoms with Crippen LogP contribution in [0.15, 0.2) is 23.1 Å². The van der Waals surface area contributed by atoms with Crippen LogP contribution in [0.3, 0.4) is 0 Å². The number of alkyl halides is 3. The Kier molecular flexibility index (Phi) is 9.46. The first-order valence-corrected chi connectivity index (χ1v) is 11.1. The summed E-state index contributed by atoms with van der Waals surface area (Å²) in [5.41, 5.74) is 0.509. The van der Waals surface area contributed by atoms with Gasteiger partial charge in [0.1, 0.15) is 0 Å². The quantitative estimate of drug-likeness (QED) is 0.609. The van der Waals surface area contributed by atoms with Crippen molar-refractivity contribution in [3.05, 3.63) is 34.6 Å². The lowest BCUT2D eigenvalue weighted by atomic mass is 10.2. The van der Waals surface area contributed by atoms with Gasteiger partial charge in [-0.15, -0.1) is 0 Å². The van der Waals surface area contributed by atoms with Crippen molar-refractivity contribution in [2.24, 2.45) is 0 Å². The molecule has 168 valence electrons. The van der Waals surface area contributed by atoms with Crippen LogP contribution in [-0.4, -0.2) is 53.0 Å². The molecule has 0 aliphatic rings. The Morgan fingerprint density at radius 3 is 2.37 bits per heavy atom. The monoisotopic (exact) mass is 488 g/mol. The molecule has 2 aromatic rings. The van der Waals surface area contributed by atoms with Gasteiger partial charge in [0.25, 0.3) is 10.0 Å². The summed E-state index contributed by atoms with van der Waals surface area (Å²) in [5.74, 6) is -2.15. The average Bonchev–Trinajstić information content (AvgIpc) is 3.07. The normalized spacial score (nSPS) is 11.7. The highest BCUT2D eigenvalue weighted by Gasteiger charge is 2.38. The minimum Gasteiger partial charge on any atom is -0.475 e. The zero-order valence-electron chi connectivity index (χ0n) is 16.2. The van der Waals surface area contributed by atoms with Crippen LogP contribution >= 0.6 is 23.1 Å². The fraction of sp³-hybridized carbons (Fsp3) is 0.438. The van der Waals surface area contributed by atoms with Crippen LogP contribution in [0.25, 0.3) is 0 Å². The molecule has 0 bridgehead atoms. The first-order valence-electron chi connectivity index (χ1n) is 8.44. The Labute approximate surface area is 180 Å². The molecule has 0 saturated heterocycles. The van der Waals surface area contributed by atoms with E-state index >= 15 is 0 Å². The van der Waals surface area contributed by atoms with Gasteiger partial charge < -0.3 is 5.11 Å². The molecule has 0 amide bonds. The third-order valence-electron chi connectivity index (χ3n) is 3.70. The number of hydrogen-bond donors (Lipinski definition) is 2. The van der Waals surface area contributed by atoms with Crippen molar-refractivity contribution in [2.45, 2.75) is 38.4 Å². The molecular weight excluding hydrogens is 469 g/mol. The van der Waals surface area contributed by atoms with Crippen molar-refractivity contribution in [3.8, 4) is 0 Å². The molecular formula is C16H20ClF3N4O4S2. The number of carboxylic acid groups (broad SMARTS) is 1. The Balaban J connectivity index is 0.000000553. The van der Waals surface area contributed by atoms with Crippen LogP contribution in [0.5, 0.6) is 0 Å². The van der Waals surface area contributed by atoms with E-state index in [1.54, 1.807) is 19.1 Å². The lowest BCUT2D eigenvalue weighted by Gasteiger charge is -2.15. The molecule has 0 atom stereocenters. The molecule has 0 saturated carbocycles. The Morgan fingerprint density at radius 2 is 1.87 bits per heavy atom. The zero-order chi connectivity index (χ0) is 23.1. The van der Waals surface area contributed by atoms with Gasteiger partial charge in [-0.05, 0) is 37.7 Å². The van der Waals surface area contributed by atoms with Crippen molar-refractivity contribution >= 4 is 44.3 Å². The summed E-state index contributed by atoms with van der Waals surface area (Å²) < 4.78 is 63.4. The predicted molar refractivity (Wildman–Crippen MR) is 107 cm³/mol. The summed E-state index contributed by atoms with van der Waals surface area (Å²) in [6.07, 6.45) is -5.08. The maximum absolute atomic E-state index is 12.5. The molecule has 0 radical (unpaired) electrons. The number of rotatable bonds is 7. The second-order valence-corrected chi connectivity index (χ2v) is 8.56. The van der Waals surface area contributed by atoms with E-state index in [4.69, 9.17) is 21.5 Å². The van der Waals surface area contributed by atoms with Crippen LogP contribution in [-0.2, 0) is 21.4 Å². The number of carboxylic acids is 1. The summed E-state index contributed by atoms with van der Waals surface area (Å²) in [7, 11) is -3.73. The van der Waals surface area contributed by atoms with Gasteiger partial charge in [-0.2, -0.15) is 17.5 Å². The van der Waals surface area contributed by atoms with E-state index < -0.39 is 22.2 Å². The van der Waals surface area contributed by atoms with Crippen LogP contribution in [0.2, 0.25) is 5.02 Å². The molecule has 2 rings (SSSR count). The van der Waals surface area contributed by atoms with Gasteiger partial charge in [-0.3, -0.25) is 9.62 Å². The summed E-state index contributed by atoms with van der Waals surface area (Å²) >= 11 is 7.03. The number of sulfonamides is 1. The van der Waals surface area contributed by atoms with E-state index in [1.807, 2.05) is 0 Å². The molecule has 0 unspecified atom stereocenters. The minimum atomic E-state index is -5.08. The minimum absolute atomic E-state index is 0.144. The third-order valence-corrected chi connectivity index (χ3v) is 6.39. The van der Waals surface area contributed by atoms with Crippen molar-refractivity contribution < 1.29 is 31.5 Å². The smallest absolute Gasteiger partial charge is 0.475 e. The number of aliphatic carboxylic acids is 1. The molecule has 1 aromatic heterocycles. The Morgan fingerprint density at radius 1 is 1.30 bits per heavy atom. The van der Waals surface area contributed by atoms with Gasteiger partial charge in [-0.1, -0.05) is 31.5 Å². The molecule has 14 heteroatoms. The Hall–Kier alpha value is -1.96. The fourth-order valence-electron chi connectivity index (χ4n) is 2.06. The molecule has 0 aliphatic carbocycles. The number of aromatic nitrogens is 2. The molecule has 0 spiro atoms. The highest BCUT2D eigenvalue weighted by molar-refractivity contribution is 7.93. The number of nitrogens with one attached hydrogen (secondary N) is 1. The maximum atomic E-state index is 12.5. The summed E-state index contributed by atoms with van der Waals surface area (Å²) in [6, 6.07) is 4.78. The van der Waals surface area contributed by atoms with Gasteiger partial charge >= 0.3 is 12.1 Å². The number of hydrogen-bond acceptors (Lipinski definition) is 7. The summed E-state index contributed by atoms with van der Waals surface area (Å²) in [5, 5.41) is 7.79. The number of carbonyl (C=O) groups is 1. The van der Waals surface area contributed by atoms with Crippen LogP contribution in [0.4, 0.5) is 18.3 Å². The van der Waals surface area contributed by atoms with Crippen molar-refractivity contribution in [1.29, 1.82) is 0 Å². The number of anilines is 1. The van der Waals surface area contributed by atoms with Crippen molar-refractivity contribution in [1.82, 2.24) is 14.3 Å². The first-order chi connectivity index (χ1) is 13.8. The fourth-order valence-corrected chi connectivity index (χ4v) is 4.36. The molecule has 1 heterocycles. The van der Waals surface area contributed by atoms with Gasteiger partial charge in [0, 0.05) is 16.6 Å². The second-order valence-electron chi connectivity index (χ2n) is 5.75. The number of halogens is 4. The van der Waals surface area contributed by atoms with E-state index in [-0.39, 0.29) is 10.0 Å². The lowest BCUT2D eigenvalue weighted by Crippen LogP contribution is -2.22. The third kappa shape index (κ3) is 7.70. The first kappa shape index (κ1) is 26.1. The summed E-state index contributed by atoms with van der Waals surface area (Å²) in [4.78, 5) is 15.4. The highest BCUT2D eigenvalue weighted by Crippen LogP contribution is 2.25. The van der Waals surface area contributed by atoms with Gasteiger partial charge in [-0.25, -0.2) is 18.2 Å². The molecule has 8 nitrogen and oxygen atoms in total. The predicted octanol–water partition coefficient (Wildman–Crippen LogP) is 3.78. The van der Waals surface area contributed by atoms with Gasteiger partial charge in [0.15, 0.2) is 5.82 Å². The van der Waals surface area contributed by atoms with E-state index in [0.717, 1.165) is 24.6 Å². The molecule has 30 heavy (non-hydrogen) atoms. The largest absolute Gasteiger partial charge is 0.490 e. The molecule has 2 N–H and O–H groups in total. The van der Waals surface area contributed by atoms with E-state index in [0.29, 0.717) is 23.0 Å². The van der Waals surface area contributed by atoms with Crippen LogP contribution < -0.4 is 4.72 Å². The van der Waals surface area contributed by atoms with Crippen molar-refractivity contribution in [3.63, 3.8) is 0 Å². The Bertz CT molecular complexity index is 964. The molecule has 0 fully saturated rings. The van der Waals surface area contributed by atoms with E-state index in [2.05, 4.69) is 32.8 Å². The zero-order valence-corrected chi connectivity index (χ0v) is 18.6. The average molecular weight is 489 g/mol. The number of nitrogens with zero attached hydrogens (tertiary/aromatic N) is 3. The van der Waals surface area contributed by atoms with E-state index in [9.17, 15) is 21.6 Å². The maximum Gasteiger partial charge on any atom is 0.490 e. The lowest BCUT2D eigenvalue weighted by molar-refractivity contribution is -0.192. The number of benzene rings is 1. The highest BCUT2D eigenvalue weighted by atomic mass is 35.5. The second kappa shape index (κ2) is 10.9.